The Bertz CT molecular complexity index is 1150. The number of alkyl halides is 3. The summed E-state index contributed by atoms with van der Waals surface area (Å²) in [6.45, 7) is 0. The van der Waals surface area contributed by atoms with E-state index >= 15 is 0 Å². The number of hydrogen-bond acceptors (Lipinski definition) is 0. The molecule has 4 heteroatoms. The highest BCUT2D eigenvalue weighted by Crippen LogP contribution is 2.43. The van der Waals surface area contributed by atoms with Gasteiger partial charge in [-0.15, -0.1) is 0 Å². The van der Waals surface area contributed by atoms with Crippen molar-refractivity contribution < 1.29 is 13.2 Å². The molecule has 1 aromatic heterocycles. The van der Waals surface area contributed by atoms with Gasteiger partial charge in [-0.3, -0.25) is 0 Å². The van der Waals surface area contributed by atoms with Crippen LogP contribution in [0.15, 0.2) is 48.5 Å². The monoisotopic (exact) mass is 367 g/mol. The van der Waals surface area contributed by atoms with Gasteiger partial charge in [0, 0.05) is 21.7 Å². The Morgan fingerprint density at radius 3 is 2.41 bits per heavy atom. The van der Waals surface area contributed by atoms with E-state index in [4.69, 9.17) is 0 Å². The molecule has 0 radical (unpaired) electrons. The van der Waals surface area contributed by atoms with E-state index in [2.05, 4.69) is 17.1 Å². The molecule has 5 rings (SSSR count). The van der Waals surface area contributed by atoms with E-state index in [0.29, 0.717) is 11.4 Å². The molecule has 3 aromatic carbocycles. The molecule has 0 amide bonds. The maximum atomic E-state index is 13.2. The summed E-state index contributed by atoms with van der Waals surface area (Å²) in [6, 6.07) is 14.5. The van der Waals surface area contributed by atoms with Crippen LogP contribution in [0.5, 0.6) is 0 Å². The van der Waals surface area contributed by atoms with Crippen LogP contribution in [-0.2, 0) is 6.18 Å². The summed E-state index contributed by atoms with van der Waals surface area (Å²) in [4.78, 5) is 3.31. The molecule has 0 atom stereocenters. The third-order valence-corrected chi connectivity index (χ3v) is 6.00. The lowest BCUT2D eigenvalue weighted by Gasteiger charge is -2.23. The summed E-state index contributed by atoms with van der Waals surface area (Å²) in [7, 11) is 0. The molecular formula is C23H20F3N. The number of H-pyrrole nitrogens is 1. The van der Waals surface area contributed by atoms with Gasteiger partial charge in [0.25, 0.3) is 0 Å². The number of rotatable bonds is 1. The number of halogens is 3. The van der Waals surface area contributed by atoms with Gasteiger partial charge in [-0.1, -0.05) is 55.7 Å². The van der Waals surface area contributed by atoms with Gasteiger partial charge in [0.1, 0.15) is 0 Å². The lowest BCUT2D eigenvalue weighted by molar-refractivity contribution is -0.137. The molecule has 1 fully saturated rings. The number of nitrogens with one attached hydrogen (secondary N) is 1. The normalized spacial score (nSPS) is 16.6. The molecule has 1 saturated carbocycles. The fraction of sp³-hybridized carbons (Fsp3) is 0.304. The van der Waals surface area contributed by atoms with Crippen LogP contribution in [0.4, 0.5) is 13.2 Å². The second kappa shape index (κ2) is 6.01. The summed E-state index contributed by atoms with van der Waals surface area (Å²) in [5.41, 5.74) is 2.20. The molecule has 1 nitrogen and oxygen atoms in total. The Morgan fingerprint density at radius 2 is 1.63 bits per heavy atom. The minimum atomic E-state index is -4.33. The molecule has 1 heterocycles. The second-order valence-electron chi connectivity index (χ2n) is 7.65. The Labute approximate surface area is 155 Å². The quantitative estimate of drug-likeness (QED) is 0.358. The summed E-state index contributed by atoms with van der Waals surface area (Å²) in [6.07, 6.45) is 1.69. The lowest BCUT2D eigenvalue weighted by Crippen LogP contribution is -2.05. The minimum absolute atomic E-state index is 0.479. The van der Waals surface area contributed by atoms with Crippen molar-refractivity contribution in [1.82, 2.24) is 4.98 Å². The average molecular weight is 367 g/mol. The highest BCUT2D eigenvalue weighted by Gasteiger charge is 2.31. The first-order chi connectivity index (χ1) is 13.0. The summed E-state index contributed by atoms with van der Waals surface area (Å²) < 4.78 is 39.5. The van der Waals surface area contributed by atoms with Crippen LogP contribution in [-0.4, -0.2) is 4.98 Å². The van der Waals surface area contributed by atoms with Crippen molar-refractivity contribution in [3.63, 3.8) is 0 Å². The van der Waals surface area contributed by atoms with Crippen molar-refractivity contribution in [2.45, 2.75) is 44.2 Å². The van der Waals surface area contributed by atoms with Crippen molar-refractivity contribution in [1.29, 1.82) is 0 Å². The van der Waals surface area contributed by atoms with E-state index in [9.17, 15) is 13.2 Å². The molecule has 0 unspecified atom stereocenters. The van der Waals surface area contributed by atoms with Crippen molar-refractivity contribution in [3.05, 3.63) is 59.7 Å². The molecular weight excluding hydrogens is 347 g/mol. The van der Waals surface area contributed by atoms with E-state index in [1.165, 1.54) is 37.0 Å². The van der Waals surface area contributed by atoms with Crippen LogP contribution in [0, 0.1) is 0 Å². The van der Waals surface area contributed by atoms with Crippen LogP contribution in [0.1, 0.15) is 49.1 Å². The van der Waals surface area contributed by atoms with Crippen molar-refractivity contribution in [2.75, 3.05) is 0 Å². The molecule has 0 saturated heterocycles. The zero-order valence-corrected chi connectivity index (χ0v) is 14.9. The standard InChI is InChI=1S/C23H20F3N/c24-23(25,26)16-10-11-18-20(13-16)27-22-17-9-5-4-8-15(17)12-19(21(18)22)14-6-2-1-3-7-14/h4-5,8-14,27H,1-3,6-7H2. The maximum absolute atomic E-state index is 13.2. The van der Waals surface area contributed by atoms with E-state index in [1.54, 1.807) is 6.07 Å². The molecule has 1 aliphatic rings. The molecule has 0 spiro atoms. The van der Waals surface area contributed by atoms with E-state index in [0.717, 1.165) is 39.9 Å². The van der Waals surface area contributed by atoms with E-state index in [-0.39, 0.29) is 0 Å². The fourth-order valence-corrected chi connectivity index (χ4v) is 4.70. The average Bonchev–Trinajstić information content (AvgIpc) is 3.06. The first kappa shape index (κ1) is 16.7. The van der Waals surface area contributed by atoms with Gasteiger partial charge in [-0.05, 0) is 41.8 Å². The van der Waals surface area contributed by atoms with Gasteiger partial charge >= 0.3 is 6.18 Å². The Hall–Kier alpha value is -2.49. The topological polar surface area (TPSA) is 15.8 Å². The van der Waals surface area contributed by atoms with Crippen LogP contribution < -0.4 is 0 Å². The highest BCUT2D eigenvalue weighted by molar-refractivity contribution is 6.18. The molecule has 1 aliphatic carbocycles. The largest absolute Gasteiger partial charge is 0.416 e. The van der Waals surface area contributed by atoms with Gasteiger partial charge in [0.05, 0.1) is 11.1 Å². The smallest absolute Gasteiger partial charge is 0.354 e. The third-order valence-electron chi connectivity index (χ3n) is 6.00. The van der Waals surface area contributed by atoms with E-state index in [1.807, 2.05) is 18.2 Å². The second-order valence-corrected chi connectivity index (χ2v) is 7.65. The lowest BCUT2D eigenvalue weighted by atomic mass is 9.81. The SMILES string of the molecule is FC(F)(F)c1ccc2c(c1)[nH]c1c3ccccc3cc(C3CCCCC3)c21. The molecule has 0 aliphatic heterocycles. The molecule has 138 valence electrons. The third kappa shape index (κ3) is 2.70. The van der Waals surface area contributed by atoms with Crippen molar-refractivity contribution >= 4 is 32.6 Å². The number of aromatic nitrogens is 1. The maximum Gasteiger partial charge on any atom is 0.416 e. The van der Waals surface area contributed by atoms with Crippen LogP contribution >= 0.6 is 0 Å². The predicted molar refractivity (Wildman–Crippen MR) is 104 cm³/mol. The Morgan fingerprint density at radius 1 is 0.852 bits per heavy atom. The van der Waals surface area contributed by atoms with E-state index < -0.39 is 11.7 Å². The van der Waals surface area contributed by atoms with Crippen molar-refractivity contribution in [2.24, 2.45) is 0 Å². The van der Waals surface area contributed by atoms with Crippen LogP contribution in [0.3, 0.4) is 0 Å². The zero-order valence-electron chi connectivity index (χ0n) is 14.9. The first-order valence-corrected chi connectivity index (χ1v) is 9.56. The van der Waals surface area contributed by atoms with Gasteiger partial charge < -0.3 is 4.98 Å². The molecule has 0 bridgehead atoms. The first-order valence-electron chi connectivity index (χ1n) is 9.56. The Balaban J connectivity index is 1.86. The fourth-order valence-electron chi connectivity index (χ4n) is 4.70. The number of benzene rings is 3. The van der Waals surface area contributed by atoms with Gasteiger partial charge in [-0.25, -0.2) is 0 Å². The summed E-state index contributed by atoms with van der Waals surface area (Å²) >= 11 is 0. The predicted octanol–water partition coefficient (Wildman–Crippen LogP) is 7.54. The zero-order chi connectivity index (χ0) is 18.6. The highest BCUT2D eigenvalue weighted by atomic mass is 19.4. The molecule has 4 aromatic rings. The summed E-state index contributed by atoms with van der Waals surface area (Å²) in [5.74, 6) is 0.479. The van der Waals surface area contributed by atoms with Crippen molar-refractivity contribution in [3.8, 4) is 0 Å². The van der Waals surface area contributed by atoms with Crippen LogP contribution in [0.2, 0.25) is 0 Å². The van der Waals surface area contributed by atoms with Crippen LogP contribution in [0.25, 0.3) is 32.6 Å². The molecule has 27 heavy (non-hydrogen) atoms. The number of aromatic amines is 1. The number of fused-ring (bicyclic) bond motifs is 5. The van der Waals surface area contributed by atoms with Gasteiger partial charge in [-0.2, -0.15) is 13.2 Å². The Kier molecular flexibility index (Phi) is 3.71. The summed E-state index contributed by atoms with van der Waals surface area (Å²) in [5, 5.41) is 4.21. The number of hydrogen-bond donors (Lipinski definition) is 1. The molecule has 1 N–H and O–H groups in total. The minimum Gasteiger partial charge on any atom is -0.354 e. The van der Waals surface area contributed by atoms with Gasteiger partial charge in [0.15, 0.2) is 0 Å². The van der Waals surface area contributed by atoms with Gasteiger partial charge in [0.2, 0.25) is 0 Å².